The van der Waals surface area contributed by atoms with E-state index in [4.69, 9.17) is 10.2 Å². The molecule has 16 nitrogen and oxygen atoms in total. The molecule has 3 amide bonds. The summed E-state index contributed by atoms with van der Waals surface area (Å²) in [6.45, 7) is 1.08. The molecule has 0 aliphatic carbocycles. The highest BCUT2D eigenvalue weighted by Crippen LogP contribution is 2.37. The Balaban J connectivity index is 0.000000198. The zero-order chi connectivity index (χ0) is 40.4. The summed E-state index contributed by atoms with van der Waals surface area (Å²) in [6.07, 6.45) is 1.70. The molecule has 0 saturated carbocycles. The Morgan fingerprint density at radius 3 is 1.66 bits per heavy atom. The number of rotatable bonds is 9. The van der Waals surface area contributed by atoms with Crippen LogP contribution in [0.3, 0.4) is 0 Å². The molecule has 16 heteroatoms. The number of hydrogen-bond donors (Lipinski definition) is 4. The number of aliphatic carboxylic acids is 1. The number of phenolic OH excluding ortho intramolecular Hbond substituents is 1. The number of amides is 3. The lowest BCUT2D eigenvalue weighted by Gasteiger charge is -2.17. The minimum atomic E-state index is -1.25. The van der Waals surface area contributed by atoms with Crippen molar-refractivity contribution in [1.82, 2.24) is 4.90 Å². The number of amidine groups is 1. The Labute approximate surface area is 318 Å². The van der Waals surface area contributed by atoms with Crippen LogP contribution in [0.5, 0.6) is 5.75 Å². The predicted octanol–water partition coefficient (Wildman–Crippen LogP) is 4.39. The van der Waals surface area contributed by atoms with E-state index in [-0.39, 0.29) is 39.8 Å². The van der Waals surface area contributed by atoms with Gasteiger partial charge in [0.2, 0.25) is 0 Å². The molecule has 0 radical (unpaired) electrons. The van der Waals surface area contributed by atoms with Crippen LogP contribution in [-0.2, 0) is 19.2 Å². The zero-order valence-electron chi connectivity index (χ0n) is 29.9. The quantitative estimate of drug-likeness (QED) is 0.176. The molecule has 4 aromatic carbocycles. The Morgan fingerprint density at radius 2 is 1.18 bits per heavy atom. The first-order chi connectivity index (χ1) is 26.6. The van der Waals surface area contributed by atoms with Crippen molar-refractivity contribution in [1.29, 1.82) is 0 Å². The van der Waals surface area contributed by atoms with Gasteiger partial charge in [-0.25, -0.2) is 9.59 Å². The summed E-state index contributed by atoms with van der Waals surface area (Å²) >= 11 is 0. The molecule has 7 rings (SSSR count). The number of aromatic carboxylic acids is 2. The Bertz CT molecular complexity index is 2420. The number of carbonyl (C=O) groups excluding carboxylic acids is 3. The van der Waals surface area contributed by atoms with Gasteiger partial charge in [0.15, 0.2) is 5.84 Å². The Hall–Kier alpha value is -7.88. The van der Waals surface area contributed by atoms with Gasteiger partial charge < -0.3 is 25.3 Å². The van der Waals surface area contributed by atoms with Gasteiger partial charge >= 0.3 is 17.9 Å². The van der Waals surface area contributed by atoms with Crippen LogP contribution in [0, 0.1) is 0 Å². The van der Waals surface area contributed by atoms with E-state index < -0.39 is 36.3 Å². The maximum atomic E-state index is 13.2. The first kappa shape index (κ1) is 37.9. The topological polar surface area (TPSA) is 221 Å². The molecule has 0 spiro atoms. The molecule has 3 aliphatic heterocycles. The molecule has 0 saturated heterocycles. The lowest BCUT2D eigenvalue weighted by Crippen LogP contribution is -2.36. The van der Waals surface area contributed by atoms with Crippen LogP contribution in [-0.4, -0.2) is 93.1 Å². The first-order valence-electron chi connectivity index (χ1n) is 16.7. The summed E-state index contributed by atoms with van der Waals surface area (Å²) in [7, 11) is 3.73. The summed E-state index contributed by atoms with van der Waals surface area (Å²) in [5.74, 6) is -4.79. The molecule has 3 aliphatic rings. The van der Waals surface area contributed by atoms with E-state index >= 15 is 0 Å². The molecular formula is C40H32N6O10. The molecule has 3 heterocycles. The van der Waals surface area contributed by atoms with Crippen molar-refractivity contribution in [2.24, 2.45) is 10.2 Å². The number of carboxylic acid groups (broad SMARTS) is 3. The largest absolute Gasteiger partial charge is 0.508 e. The fourth-order valence-electron chi connectivity index (χ4n) is 5.88. The van der Waals surface area contributed by atoms with Crippen molar-refractivity contribution >= 4 is 75.9 Å². The predicted molar refractivity (Wildman–Crippen MR) is 205 cm³/mol. The van der Waals surface area contributed by atoms with E-state index in [1.165, 1.54) is 41.4 Å². The van der Waals surface area contributed by atoms with Gasteiger partial charge in [-0.3, -0.25) is 24.1 Å². The van der Waals surface area contributed by atoms with Crippen LogP contribution in [0.2, 0.25) is 0 Å². The van der Waals surface area contributed by atoms with Gasteiger partial charge in [0.25, 0.3) is 17.7 Å². The van der Waals surface area contributed by atoms with Gasteiger partial charge in [-0.15, -0.1) is 5.10 Å². The van der Waals surface area contributed by atoms with Crippen molar-refractivity contribution in [3.8, 4) is 5.75 Å². The number of fused-ring (bicyclic) bond motifs is 1. The lowest BCUT2D eigenvalue weighted by molar-refractivity contribution is -0.140. The highest BCUT2D eigenvalue weighted by Gasteiger charge is 2.47. The number of hydrazone groups is 2. The van der Waals surface area contributed by atoms with Gasteiger partial charge in [0.05, 0.1) is 44.9 Å². The number of phenols is 1. The monoisotopic (exact) mass is 756 g/mol. The minimum Gasteiger partial charge on any atom is -0.508 e. The molecule has 56 heavy (non-hydrogen) atoms. The number of carbonyl (C=O) groups is 6. The maximum absolute atomic E-state index is 13.2. The van der Waals surface area contributed by atoms with E-state index in [1.807, 2.05) is 19.0 Å². The highest BCUT2D eigenvalue weighted by atomic mass is 16.4. The van der Waals surface area contributed by atoms with Crippen LogP contribution >= 0.6 is 0 Å². The molecular weight excluding hydrogens is 724 g/mol. The molecule has 4 aromatic rings. The number of hydrogen-bond acceptors (Lipinski definition) is 10. The third-order valence-corrected chi connectivity index (χ3v) is 8.74. The fourth-order valence-corrected chi connectivity index (χ4v) is 5.88. The minimum absolute atomic E-state index is 0.0103. The van der Waals surface area contributed by atoms with Crippen LogP contribution in [0.1, 0.15) is 38.8 Å². The zero-order valence-corrected chi connectivity index (χ0v) is 29.9. The van der Waals surface area contributed by atoms with E-state index in [9.17, 15) is 39.0 Å². The van der Waals surface area contributed by atoms with E-state index in [2.05, 4.69) is 10.2 Å². The normalized spacial score (nSPS) is 15.4. The highest BCUT2D eigenvalue weighted by molar-refractivity contribution is 6.49. The number of nitrogens with zero attached hydrogens (tertiary/aromatic N) is 6. The van der Waals surface area contributed by atoms with Gasteiger partial charge in [0.1, 0.15) is 12.3 Å². The molecule has 0 atom stereocenters. The van der Waals surface area contributed by atoms with Crippen LogP contribution in [0.25, 0.3) is 11.6 Å². The number of carboxylic acids is 3. The summed E-state index contributed by atoms with van der Waals surface area (Å²) in [5, 5.41) is 47.3. The van der Waals surface area contributed by atoms with Gasteiger partial charge in [-0.05, 0) is 96.9 Å². The smallest absolute Gasteiger partial charge is 0.335 e. The van der Waals surface area contributed by atoms with Gasteiger partial charge in [0, 0.05) is 19.8 Å². The Kier molecular flexibility index (Phi) is 10.3. The van der Waals surface area contributed by atoms with Crippen molar-refractivity contribution in [3.63, 3.8) is 0 Å². The lowest BCUT2D eigenvalue weighted by atomic mass is 10.0. The molecule has 282 valence electrons. The molecule has 0 aromatic heterocycles. The molecule has 0 fully saturated rings. The van der Waals surface area contributed by atoms with E-state index in [0.717, 1.165) is 21.2 Å². The standard InChI is InChI=1S/C22H18N4O6.C18H14N2O4/c1-24(2)14-7-3-12(4-8-14)17-18-19(25(20(17)29)11-16(27)28)23-26(21(18)30)15-9-5-13(6-10-15)22(31)32;1-11-16(10-12-2-8-15(21)9-3-12)17(22)20(19-11)14-6-4-13(5-7-14)18(23)24/h3-10H,11H2,1-2H3,(H,27,28)(H,31,32);2-10,21H,1H3,(H,23,24)/b;16-10-. The average Bonchev–Trinajstić information content (AvgIpc) is 3.75. The summed E-state index contributed by atoms with van der Waals surface area (Å²) < 4.78 is 0. The van der Waals surface area contributed by atoms with Crippen molar-refractivity contribution < 1.29 is 49.2 Å². The second kappa shape index (κ2) is 15.2. The van der Waals surface area contributed by atoms with Crippen molar-refractivity contribution in [2.45, 2.75) is 6.92 Å². The third kappa shape index (κ3) is 7.47. The Morgan fingerprint density at radius 1 is 0.661 bits per heavy atom. The molecule has 0 bridgehead atoms. The maximum Gasteiger partial charge on any atom is 0.335 e. The average molecular weight is 757 g/mol. The summed E-state index contributed by atoms with van der Waals surface area (Å²) in [4.78, 5) is 75.1. The van der Waals surface area contributed by atoms with Crippen molar-refractivity contribution in [2.75, 3.05) is 35.6 Å². The fraction of sp³-hybridized carbons (Fsp3) is 0.100. The second-order valence-corrected chi connectivity index (χ2v) is 12.7. The third-order valence-electron chi connectivity index (χ3n) is 8.74. The number of anilines is 3. The van der Waals surface area contributed by atoms with E-state index in [1.54, 1.807) is 73.7 Å². The van der Waals surface area contributed by atoms with Crippen molar-refractivity contribution in [3.05, 3.63) is 130 Å². The van der Waals surface area contributed by atoms with Crippen LogP contribution in [0.4, 0.5) is 17.1 Å². The number of benzene rings is 4. The number of aromatic hydroxyl groups is 1. The van der Waals surface area contributed by atoms with E-state index in [0.29, 0.717) is 28.2 Å². The molecule has 4 N–H and O–H groups in total. The molecule has 0 unspecified atom stereocenters. The first-order valence-corrected chi connectivity index (χ1v) is 16.7. The van der Waals surface area contributed by atoms with Gasteiger partial charge in [-0.2, -0.15) is 15.1 Å². The summed E-state index contributed by atoms with van der Waals surface area (Å²) in [5.41, 5.74) is 4.19. The second-order valence-electron chi connectivity index (χ2n) is 12.7. The van der Waals surface area contributed by atoms with Crippen LogP contribution in [0.15, 0.2) is 118 Å². The summed E-state index contributed by atoms with van der Waals surface area (Å²) in [6, 6.07) is 24.9. The van der Waals surface area contributed by atoms with Crippen LogP contribution < -0.4 is 14.9 Å². The van der Waals surface area contributed by atoms with Gasteiger partial charge in [-0.1, -0.05) is 24.3 Å². The SMILES string of the molecule is CC1=NN(c2ccc(C(=O)O)cc2)C(=O)/C1=C\c1ccc(O)cc1.CN(C)c1ccc(C2=C3C(=O)N(c4ccc(C(=O)O)cc4)N=C3N(CC(=O)O)C2=O)cc1.